The lowest BCUT2D eigenvalue weighted by molar-refractivity contribution is 1.39. The molecule has 1 aromatic heterocycles. The van der Waals surface area contributed by atoms with Crippen LogP contribution in [0.15, 0.2) is 47.0 Å². The largest absolute Gasteiger partial charge is 0.282 e. The molecule has 1 heterocycles. The van der Waals surface area contributed by atoms with Crippen molar-refractivity contribution in [2.24, 2.45) is 4.99 Å². The maximum atomic E-state index is 7.90. The van der Waals surface area contributed by atoms with Crippen molar-refractivity contribution in [2.45, 2.75) is 0 Å². The number of hydrogen-bond acceptors (Lipinski definition) is 4. The summed E-state index contributed by atoms with van der Waals surface area (Å²) in [6.45, 7) is 0. The van der Waals surface area contributed by atoms with Gasteiger partial charge >= 0.3 is 0 Å². The molecule has 0 aliphatic rings. The van der Waals surface area contributed by atoms with Gasteiger partial charge in [-0.05, 0) is 6.26 Å². The molecule has 0 saturated carbocycles. The van der Waals surface area contributed by atoms with Gasteiger partial charge in [-0.1, -0.05) is 30.3 Å². The van der Waals surface area contributed by atoms with Crippen LogP contribution in [0.1, 0.15) is 10.4 Å². The Morgan fingerprint density at radius 3 is 2.71 bits per heavy atom. The summed E-state index contributed by atoms with van der Waals surface area (Å²) < 4.78 is 0. The maximum Gasteiger partial charge on any atom is 0.164 e. The van der Waals surface area contributed by atoms with E-state index < -0.39 is 0 Å². The lowest BCUT2D eigenvalue weighted by Gasteiger charge is -2.02. The summed E-state index contributed by atoms with van der Waals surface area (Å²) >= 11 is 2.97. The molecule has 0 saturated heterocycles. The lowest BCUT2D eigenvalue weighted by Crippen LogP contribution is -2.00. The van der Waals surface area contributed by atoms with Crippen LogP contribution < -0.4 is 0 Å². The average molecular weight is 261 g/mol. The minimum Gasteiger partial charge on any atom is -0.282 e. The predicted octanol–water partition coefficient (Wildman–Crippen LogP) is 3.28. The number of thioether (sulfide) groups is 1. The number of nitrogens with zero attached hydrogens (tertiary/aromatic N) is 2. The second kappa shape index (κ2) is 5.75. The molecule has 2 aromatic rings. The topological polar surface area (TPSA) is 49.1 Å². The highest BCUT2D eigenvalue weighted by molar-refractivity contribution is 8.13. The van der Waals surface area contributed by atoms with Crippen molar-refractivity contribution in [3.05, 3.63) is 52.5 Å². The van der Waals surface area contributed by atoms with Crippen LogP contribution in [-0.4, -0.2) is 22.1 Å². The fourth-order valence-electron chi connectivity index (χ4n) is 1.30. The summed E-state index contributed by atoms with van der Waals surface area (Å²) in [4.78, 5) is 9.08. The minimum atomic E-state index is 0.265. The SMILES string of the molecule is CSC(=NC(=N)c1cncs1)c1ccccc1. The molecule has 17 heavy (non-hydrogen) atoms. The van der Waals surface area contributed by atoms with Crippen molar-refractivity contribution in [3.63, 3.8) is 0 Å². The van der Waals surface area contributed by atoms with Gasteiger partial charge in [-0.2, -0.15) is 0 Å². The summed E-state index contributed by atoms with van der Waals surface area (Å²) in [7, 11) is 0. The molecular formula is C12H11N3S2. The van der Waals surface area contributed by atoms with E-state index in [1.807, 2.05) is 36.6 Å². The molecule has 0 atom stereocenters. The van der Waals surface area contributed by atoms with Crippen LogP contribution in [-0.2, 0) is 0 Å². The number of hydrogen-bond donors (Lipinski definition) is 1. The van der Waals surface area contributed by atoms with Crippen molar-refractivity contribution in [3.8, 4) is 0 Å². The fourth-order valence-corrected chi connectivity index (χ4v) is 2.37. The molecule has 1 N–H and O–H groups in total. The molecule has 3 nitrogen and oxygen atoms in total. The minimum absolute atomic E-state index is 0.265. The molecule has 0 radical (unpaired) electrons. The Morgan fingerprint density at radius 2 is 2.12 bits per heavy atom. The van der Waals surface area contributed by atoms with E-state index in [-0.39, 0.29) is 5.84 Å². The summed E-state index contributed by atoms with van der Waals surface area (Å²) in [5.74, 6) is 0.265. The van der Waals surface area contributed by atoms with Gasteiger partial charge in [-0.15, -0.1) is 23.1 Å². The van der Waals surface area contributed by atoms with Crippen molar-refractivity contribution in [1.82, 2.24) is 4.98 Å². The molecule has 0 spiro atoms. The summed E-state index contributed by atoms with van der Waals surface area (Å²) in [6, 6.07) is 9.90. The third-order valence-corrected chi connectivity index (χ3v) is 3.59. The first-order valence-corrected chi connectivity index (χ1v) is 7.07. The Balaban J connectivity index is 2.28. The van der Waals surface area contributed by atoms with Gasteiger partial charge in [0, 0.05) is 11.8 Å². The maximum absolute atomic E-state index is 7.90. The Morgan fingerprint density at radius 1 is 1.35 bits per heavy atom. The molecule has 0 aliphatic heterocycles. The third-order valence-electron chi connectivity index (χ3n) is 2.09. The van der Waals surface area contributed by atoms with Crippen LogP contribution in [0.25, 0.3) is 0 Å². The second-order valence-electron chi connectivity index (χ2n) is 3.20. The first kappa shape index (κ1) is 12.0. The van der Waals surface area contributed by atoms with Crippen LogP contribution in [0.3, 0.4) is 0 Å². The van der Waals surface area contributed by atoms with Gasteiger partial charge in [0.15, 0.2) is 5.84 Å². The van der Waals surface area contributed by atoms with E-state index in [4.69, 9.17) is 5.41 Å². The lowest BCUT2D eigenvalue weighted by atomic mass is 10.2. The Hall–Kier alpha value is -1.46. The van der Waals surface area contributed by atoms with Crippen molar-refractivity contribution >= 4 is 34.0 Å². The first-order chi connectivity index (χ1) is 8.31. The molecule has 0 fully saturated rings. The third kappa shape index (κ3) is 3.01. The number of nitrogens with one attached hydrogen (secondary N) is 1. The number of thiazole rings is 1. The number of benzene rings is 1. The zero-order valence-electron chi connectivity index (χ0n) is 9.25. The Kier molecular flexibility index (Phi) is 4.06. The van der Waals surface area contributed by atoms with E-state index in [0.717, 1.165) is 15.5 Å². The number of rotatable bonds is 2. The normalized spacial score (nSPS) is 11.5. The van der Waals surface area contributed by atoms with Gasteiger partial charge in [0.2, 0.25) is 0 Å². The number of amidine groups is 1. The molecule has 2 rings (SSSR count). The highest BCUT2D eigenvalue weighted by Crippen LogP contribution is 2.14. The summed E-state index contributed by atoms with van der Waals surface area (Å²) in [5.41, 5.74) is 2.75. The van der Waals surface area contributed by atoms with Gasteiger partial charge in [-0.25, -0.2) is 4.99 Å². The Labute approximate surface area is 108 Å². The molecule has 1 aromatic carbocycles. The van der Waals surface area contributed by atoms with Crippen molar-refractivity contribution in [2.75, 3.05) is 6.26 Å². The predicted molar refractivity (Wildman–Crippen MR) is 75.4 cm³/mol. The zero-order valence-corrected chi connectivity index (χ0v) is 10.9. The standard InChI is InChI=1S/C12H11N3S2/c1-16-12(9-5-3-2-4-6-9)15-11(13)10-7-14-8-17-10/h2-8,13H,1H3. The van der Waals surface area contributed by atoms with E-state index in [1.54, 1.807) is 23.5 Å². The number of aromatic nitrogens is 1. The molecule has 0 amide bonds. The van der Waals surface area contributed by atoms with E-state index in [9.17, 15) is 0 Å². The molecule has 86 valence electrons. The van der Waals surface area contributed by atoms with E-state index >= 15 is 0 Å². The average Bonchev–Trinajstić information content (AvgIpc) is 2.90. The van der Waals surface area contributed by atoms with Crippen LogP contribution in [0.4, 0.5) is 0 Å². The van der Waals surface area contributed by atoms with Gasteiger partial charge in [0.05, 0.1) is 10.4 Å². The first-order valence-electron chi connectivity index (χ1n) is 4.97. The van der Waals surface area contributed by atoms with Crippen LogP contribution in [0, 0.1) is 5.41 Å². The molecule has 0 bridgehead atoms. The van der Waals surface area contributed by atoms with Gasteiger partial charge in [0.1, 0.15) is 5.04 Å². The highest BCUT2D eigenvalue weighted by Gasteiger charge is 2.06. The Bertz CT molecular complexity index is 518. The quantitative estimate of drug-likeness (QED) is 0.666. The summed E-state index contributed by atoms with van der Waals surface area (Å²) in [5, 5.41) is 8.75. The summed E-state index contributed by atoms with van der Waals surface area (Å²) in [6.07, 6.45) is 3.63. The second-order valence-corrected chi connectivity index (χ2v) is 4.88. The molecule has 5 heteroatoms. The van der Waals surface area contributed by atoms with Crippen molar-refractivity contribution in [1.29, 1.82) is 5.41 Å². The van der Waals surface area contributed by atoms with Gasteiger partial charge in [0.25, 0.3) is 0 Å². The highest BCUT2D eigenvalue weighted by atomic mass is 32.2. The monoisotopic (exact) mass is 261 g/mol. The van der Waals surface area contributed by atoms with Crippen molar-refractivity contribution < 1.29 is 0 Å². The van der Waals surface area contributed by atoms with E-state index in [1.165, 1.54) is 11.3 Å². The van der Waals surface area contributed by atoms with E-state index in [2.05, 4.69) is 9.98 Å². The molecule has 0 aliphatic carbocycles. The van der Waals surface area contributed by atoms with Crippen LogP contribution in [0.5, 0.6) is 0 Å². The van der Waals surface area contributed by atoms with Crippen LogP contribution >= 0.6 is 23.1 Å². The fraction of sp³-hybridized carbons (Fsp3) is 0.0833. The molecular weight excluding hydrogens is 250 g/mol. The molecule has 0 unspecified atom stereocenters. The number of aliphatic imine (C=N–C) groups is 1. The van der Waals surface area contributed by atoms with Gasteiger partial charge < -0.3 is 0 Å². The zero-order chi connectivity index (χ0) is 12.1. The van der Waals surface area contributed by atoms with Gasteiger partial charge in [-0.3, -0.25) is 10.4 Å². The van der Waals surface area contributed by atoms with Crippen LogP contribution in [0.2, 0.25) is 0 Å². The smallest absolute Gasteiger partial charge is 0.164 e. The van der Waals surface area contributed by atoms with E-state index in [0.29, 0.717) is 0 Å².